The Balaban J connectivity index is 2.40. The fourth-order valence-electron chi connectivity index (χ4n) is 1.67. The Kier molecular flexibility index (Phi) is 3.84. The lowest BCUT2D eigenvalue weighted by molar-refractivity contribution is 0.402. The van der Waals surface area contributed by atoms with Gasteiger partial charge in [-0.1, -0.05) is 0 Å². The molecule has 18 heavy (non-hydrogen) atoms. The molecule has 0 aliphatic rings. The minimum Gasteiger partial charge on any atom is -0.497 e. The summed E-state index contributed by atoms with van der Waals surface area (Å²) in [5, 5.41) is 0. The maximum Gasteiger partial charge on any atom is 0.230 e. The van der Waals surface area contributed by atoms with E-state index in [2.05, 4.69) is 4.98 Å². The van der Waals surface area contributed by atoms with Crippen LogP contribution < -0.4 is 15.2 Å². The van der Waals surface area contributed by atoms with Crippen LogP contribution in [0.5, 0.6) is 11.5 Å². The van der Waals surface area contributed by atoms with Crippen molar-refractivity contribution in [3.8, 4) is 23.0 Å². The van der Waals surface area contributed by atoms with E-state index in [1.54, 1.807) is 20.4 Å². The average molecular weight is 248 g/mol. The van der Waals surface area contributed by atoms with Gasteiger partial charge in [0.1, 0.15) is 17.3 Å². The summed E-state index contributed by atoms with van der Waals surface area (Å²) in [6, 6.07) is 5.48. The van der Waals surface area contributed by atoms with Crippen LogP contribution in [-0.4, -0.2) is 25.7 Å². The summed E-state index contributed by atoms with van der Waals surface area (Å²) in [5.41, 5.74) is 6.24. The zero-order chi connectivity index (χ0) is 13.0. The quantitative estimate of drug-likeness (QED) is 0.874. The van der Waals surface area contributed by atoms with Crippen molar-refractivity contribution in [1.29, 1.82) is 0 Å². The fourth-order valence-corrected chi connectivity index (χ4v) is 1.67. The number of hydrogen-bond acceptors (Lipinski definition) is 5. The summed E-state index contributed by atoms with van der Waals surface area (Å²) in [6.07, 6.45) is 2.35. The van der Waals surface area contributed by atoms with Crippen molar-refractivity contribution < 1.29 is 13.9 Å². The molecular weight excluding hydrogens is 232 g/mol. The van der Waals surface area contributed by atoms with Crippen LogP contribution in [0.25, 0.3) is 11.5 Å². The van der Waals surface area contributed by atoms with E-state index in [1.165, 1.54) is 0 Å². The van der Waals surface area contributed by atoms with E-state index in [0.717, 1.165) is 17.1 Å². The summed E-state index contributed by atoms with van der Waals surface area (Å²) < 4.78 is 16.1. The van der Waals surface area contributed by atoms with Gasteiger partial charge in [-0.3, -0.25) is 0 Å². The molecule has 5 nitrogen and oxygen atoms in total. The van der Waals surface area contributed by atoms with Gasteiger partial charge in [0.05, 0.1) is 26.0 Å². The van der Waals surface area contributed by atoms with Gasteiger partial charge in [0.2, 0.25) is 5.89 Å². The first-order valence-electron chi connectivity index (χ1n) is 5.65. The average Bonchev–Trinajstić information content (AvgIpc) is 2.87. The van der Waals surface area contributed by atoms with Crippen molar-refractivity contribution in [2.24, 2.45) is 5.73 Å². The highest BCUT2D eigenvalue weighted by Crippen LogP contribution is 2.32. The third kappa shape index (κ3) is 2.46. The Morgan fingerprint density at radius 3 is 2.78 bits per heavy atom. The maximum atomic E-state index is 5.63. The van der Waals surface area contributed by atoms with E-state index < -0.39 is 0 Å². The van der Waals surface area contributed by atoms with E-state index in [-0.39, 0.29) is 0 Å². The summed E-state index contributed by atoms with van der Waals surface area (Å²) in [5.74, 6) is 2.69. The molecular formula is C13H16N2O3. The number of aromatic nitrogens is 1. The highest BCUT2D eigenvalue weighted by atomic mass is 16.5. The van der Waals surface area contributed by atoms with E-state index >= 15 is 0 Å². The molecule has 0 fully saturated rings. The predicted octanol–water partition coefficient (Wildman–Crippen LogP) is 1.86. The molecule has 0 aliphatic heterocycles. The molecule has 0 radical (unpaired) electrons. The number of rotatable bonds is 5. The largest absolute Gasteiger partial charge is 0.497 e. The SMILES string of the molecule is COc1ccc(OC)c(-c2ncc(CCN)o2)c1. The lowest BCUT2D eigenvalue weighted by Gasteiger charge is -2.07. The molecule has 1 aromatic carbocycles. The van der Waals surface area contributed by atoms with Crippen molar-refractivity contribution in [2.45, 2.75) is 6.42 Å². The number of nitrogens with two attached hydrogens (primary N) is 1. The predicted molar refractivity (Wildman–Crippen MR) is 67.8 cm³/mol. The van der Waals surface area contributed by atoms with Crippen molar-refractivity contribution in [2.75, 3.05) is 20.8 Å². The minimum absolute atomic E-state index is 0.509. The Morgan fingerprint density at radius 1 is 1.28 bits per heavy atom. The van der Waals surface area contributed by atoms with Gasteiger partial charge < -0.3 is 19.6 Å². The van der Waals surface area contributed by atoms with Gasteiger partial charge in [0.25, 0.3) is 0 Å². The van der Waals surface area contributed by atoms with E-state index in [4.69, 9.17) is 19.6 Å². The second kappa shape index (κ2) is 5.55. The number of nitrogens with zero attached hydrogens (tertiary/aromatic N) is 1. The third-order valence-corrected chi connectivity index (χ3v) is 2.58. The van der Waals surface area contributed by atoms with Crippen LogP contribution in [0, 0.1) is 0 Å². The molecule has 2 aromatic rings. The van der Waals surface area contributed by atoms with Gasteiger partial charge in [-0.05, 0) is 24.7 Å². The second-order valence-electron chi connectivity index (χ2n) is 3.74. The van der Waals surface area contributed by atoms with E-state index in [1.807, 2.05) is 18.2 Å². The number of oxazole rings is 1. The monoisotopic (exact) mass is 248 g/mol. The van der Waals surface area contributed by atoms with Crippen LogP contribution >= 0.6 is 0 Å². The van der Waals surface area contributed by atoms with E-state index in [9.17, 15) is 0 Å². The molecule has 5 heteroatoms. The van der Waals surface area contributed by atoms with Crippen molar-refractivity contribution in [3.05, 3.63) is 30.2 Å². The Labute approximate surface area is 106 Å². The van der Waals surface area contributed by atoms with Crippen molar-refractivity contribution in [3.63, 3.8) is 0 Å². The second-order valence-corrected chi connectivity index (χ2v) is 3.74. The lowest BCUT2D eigenvalue weighted by atomic mass is 10.2. The van der Waals surface area contributed by atoms with Crippen LogP contribution in [0.2, 0.25) is 0 Å². The smallest absolute Gasteiger partial charge is 0.230 e. The molecule has 0 amide bonds. The van der Waals surface area contributed by atoms with Gasteiger partial charge in [0, 0.05) is 6.42 Å². The van der Waals surface area contributed by atoms with E-state index in [0.29, 0.717) is 24.6 Å². The molecule has 0 aliphatic carbocycles. The molecule has 1 aromatic heterocycles. The van der Waals surface area contributed by atoms with Gasteiger partial charge in [-0.15, -0.1) is 0 Å². The molecule has 2 N–H and O–H groups in total. The molecule has 0 atom stereocenters. The van der Waals surface area contributed by atoms with Crippen LogP contribution in [0.1, 0.15) is 5.76 Å². The third-order valence-electron chi connectivity index (χ3n) is 2.58. The standard InChI is InChI=1S/C13H16N2O3/c1-16-9-3-4-12(17-2)11(7-9)13-15-8-10(18-13)5-6-14/h3-4,7-8H,5-6,14H2,1-2H3. The van der Waals surface area contributed by atoms with Crippen LogP contribution in [0.4, 0.5) is 0 Å². The highest BCUT2D eigenvalue weighted by molar-refractivity contribution is 5.65. The summed E-state index contributed by atoms with van der Waals surface area (Å²) in [7, 11) is 3.22. The zero-order valence-electron chi connectivity index (χ0n) is 10.5. The molecule has 2 rings (SSSR count). The first kappa shape index (κ1) is 12.4. The number of ether oxygens (including phenoxy) is 2. The first-order valence-corrected chi connectivity index (χ1v) is 5.65. The number of hydrogen-bond donors (Lipinski definition) is 1. The Bertz CT molecular complexity index is 523. The molecule has 0 saturated carbocycles. The molecule has 96 valence electrons. The molecule has 0 spiro atoms. The number of benzene rings is 1. The highest BCUT2D eigenvalue weighted by Gasteiger charge is 2.13. The summed E-state index contributed by atoms with van der Waals surface area (Å²) in [6.45, 7) is 0.532. The molecule has 0 unspecified atom stereocenters. The Hall–Kier alpha value is -2.01. The fraction of sp³-hybridized carbons (Fsp3) is 0.308. The topological polar surface area (TPSA) is 70.5 Å². The van der Waals surface area contributed by atoms with Crippen LogP contribution in [0.15, 0.2) is 28.8 Å². The lowest BCUT2D eigenvalue weighted by Crippen LogP contribution is -2.01. The molecule has 0 saturated heterocycles. The molecule has 0 bridgehead atoms. The van der Waals surface area contributed by atoms with Gasteiger partial charge in [0.15, 0.2) is 0 Å². The normalized spacial score (nSPS) is 10.4. The maximum absolute atomic E-state index is 5.63. The number of methoxy groups -OCH3 is 2. The van der Waals surface area contributed by atoms with Crippen molar-refractivity contribution >= 4 is 0 Å². The summed E-state index contributed by atoms with van der Waals surface area (Å²) >= 11 is 0. The zero-order valence-corrected chi connectivity index (χ0v) is 10.5. The Morgan fingerprint density at radius 2 is 2.11 bits per heavy atom. The van der Waals surface area contributed by atoms with Crippen molar-refractivity contribution in [1.82, 2.24) is 4.98 Å². The first-order chi connectivity index (χ1) is 8.78. The minimum atomic E-state index is 0.509. The summed E-state index contributed by atoms with van der Waals surface area (Å²) in [4.78, 5) is 4.23. The molecule has 1 heterocycles. The van der Waals surface area contributed by atoms with Gasteiger partial charge in [-0.2, -0.15) is 0 Å². The van der Waals surface area contributed by atoms with Crippen LogP contribution in [-0.2, 0) is 6.42 Å². The van der Waals surface area contributed by atoms with Gasteiger partial charge >= 0.3 is 0 Å². The van der Waals surface area contributed by atoms with Gasteiger partial charge in [-0.25, -0.2) is 4.98 Å². The van der Waals surface area contributed by atoms with Crippen LogP contribution in [0.3, 0.4) is 0 Å².